The molecular weight excluding hydrogens is 262 g/mol. The number of nitro benzene ring substituents is 1. The number of nitro groups is 1. The molecule has 0 aliphatic carbocycles. The van der Waals surface area contributed by atoms with Crippen LogP contribution in [0.25, 0.3) is 0 Å². The fourth-order valence-electron chi connectivity index (χ4n) is 1.39. The third-order valence-electron chi connectivity index (χ3n) is 2.21. The topological polar surface area (TPSA) is 101 Å². The molecule has 0 spiro atoms. The molecule has 98 valence electrons. The van der Waals surface area contributed by atoms with E-state index in [1.54, 1.807) is 0 Å². The maximum absolute atomic E-state index is 13.7. The van der Waals surface area contributed by atoms with Crippen LogP contribution in [0.2, 0.25) is 0 Å². The van der Waals surface area contributed by atoms with Crippen LogP contribution in [-0.2, 0) is 0 Å². The number of benzene rings is 1. The van der Waals surface area contributed by atoms with Gasteiger partial charge >= 0.3 is 5.69 Å². The summed E-state index contributed by atoms with van der Waals surface area (Å²) in [7, 11) is 0. The van der Waals surface area contributed by atoms with E-state index in [0.29, 0.717) is 12.1 Å². The molecule has 7 nitrogen and oxygen atoms in total. The van der Waals surface area contributed by atoms with Gasteiger partial charge in [-0.05, 0) is 6.07 Å². The summed E-state index contributed by atoms with van der Waals surface area (Å²) < 4.78 is 26.8. The molecule has 1 heterocycles. The molecule has 1 aromatic carbocycles. The maximum Gasteiger partial charge on any atom is 0.308 e. The third-order valence-corrected chi connectivity index (χ3v) is 2.21. The van der Waals surface area contributed by atoms with Gasteiger partial charge < -0.3 is 5.32 Å². The molecule has 0 saturated heterocycles. The standard InChI is InChI=1S/C10H6F2N4O3/c11-5-3-6(9(12)7(4-5)16(18)19)10(17)14-8-1-2-13-15-8/h1-4H,(H2,13,14,15,17). The predicted octanol–water partition coefficient (Wildman–Crippen LogP) is 1.85. The summed E-state index contributed by atoms with van der Waals surface area (Å²) in [6.45, 7) is 0. The lowest BCUT2D eigenvalue weighted by Crippen LogP contribution is -2.15. The number of amides is 1. The van der Waals surface area contributed by atoms with Crippen LogP contribution in [0, 0.1) is 21.7 Å². The van der Waals surface area contributed by atoms with Gasteiger partial charge in [-0.2, -0.15) is 9.49 Å². The number of halogens is 2. The Balaban J connectivity index is 2.39. The first-order valence-electron chi connectivity index (χ1n) is 4.93. The molecule has 0 saturated carbocycles. The number of anilines is 1. The molecule has 0 aliphatic rings. The highest BCUT2D eigenvalue weighted by molar-refractivity contribution is 6.04. The normalized spacial score (nSPS) is 10.2. The minimum atomic E-state index is -1.40. The number of hydrogen-bond acceptors (Lipinski definition) is 4. The lowest BCUT2D eigenvalue weighted by atomic mass is 10.1. The molecule has 2 aromatic rings. The fourth-order valence-corrected chi connectivity index (χ4v) is 1.39. The summed E-state index contributed by atoms with van der Waals surface area (Å²) in [6.07, 6.45) is 1.33. The van der Waals surface area contributed by atoms with Crippen LogP contribution in [0.1, 0.15) is 10.4 Å². The number of hydrogen-bond donors (Lipinski definition) is 2. The summed E-state index contributed by atoms with van der Waals surface area (Å²) in [6, 6.07) is 2.36. The second kappa shape index (κ2) is 4.80. The van der Waals surface area contributed by atoms with Crippen molar-refractivity contribution in [2.75, 3.05) is 5.32 Å². The van der Waals surface area contributed by atoms with E-state index >= 15 is 0 Å². The summed E-state index contributed by atoms with van der Waals surface area (Å²) in [4.78, 5) is 21.1. The van der Waals surface area contributed by atoms with Crippen LogP contribution in [0.5, 0.6) is 0 Å². The van der Waals surface area contributed by atoms with Crippen LogP contribution >= 0.6 is 0 Å². The molecule has 9 heteroatoms. The molecule has 2 rings (SSSR count). The first-order valence-corrected chi connectivity index (χ1v) is 4.93. The highest BCUT2D eigenvalue weighted by Crippen LogP contribution is 2.23. The Hall–Kier alpha value is -2.84. The average Bonchev–Trinajstić information content (AvgIpc) is 2.84. The van der Waals surface area contributed by atoms with Crippen molar-refractivity contribution in [3.63, 3.8) is 0 Å². The van der Waals surface area contributed by atoms with Gasteiger partial charge in [0.1, 0.15) is 11.6 Å². The summed E-state index contributed by atoms with van der Waals surface area (Å²) >= 11 is 0. The van der Waals surface area contributed by atoms with Crippen LogP contribution < -0.4 is 5.32 Å². The van der Waals surface area contributed by atoms with Crippen LogP contribution in [0.3, 0.4) is 0 Å². The Kier molecular flexibility index (Phi) is 3.19. The van der Waals surface area contributed by atoms with Gasteiger partial charge in [0, 0.05) is 6.07 Å². The highest BCUT2D eigenvalue weighted by atomic mass is 19.1. The van der Waals surface area contributed by atoms with E-state index in [4.69, 9.17) is 0 Å². The van der Waals surface area contributed by atoms with Crippen molar-refractivity contribution in [2.24, 2.45) is 0 Å². The van der Waals surface area contributed by atoms with Gasteiger partial charge in [0.2, 0.25) is 5.82 Å². The van der Waals surface area contributed by atoms with Crippen molar-refractivity contribution in [3.8, 4) is 0 Å². The number of aromatic amines is 1. The van der Waals surface area contributed by atoms with E-state index in [2.05, 4.69) is 15.5 Å². The Bertz CT molecular complexity index is 642. The zero-order valence-corrected chi connectivity index (χ0v) is 9.18. The zero-order valence-electron chi connectivity index (χ0n) is 9.18. The summed E-state index contributed by atoms with van der Waals surface area (Å²) in [5.74, 6) is -3.35. The average molecular weight is 268 g/mol. The second-order valence-corrected chi connectivity index (χ2v) is 3.47. The maximum atomic E-state index is 13.7. The van der Waals surface area contributed by atoms with E-state index < -0.39 is 33.7 Å². The number of aromatic nitrogens is 2. The minimum Gasteiger partial charge on any atom is -0.307 e. The number of nitrogens with one attached hydrogen (secondary N) is 2. The molecule has 0 bridgehead atoms. The van der Waals surface area contributed by atoms with E-state index in [0.717, 1.165) is 0 Å². The number of nitrogens with zero attached hydrogens (tertiary/aromatic N) is 2. The highest BCUT2D eigenvalue weighted by Gasteiger charge is 2.24. The number of carbonyl (C=O) groups excluding carboxylic acids is 1. The van der Waals surface area contributed by atoms with Crippen LogP contribution in [0.4, 0.5) is 20.3 Å². The van der Waals surface area contributed by atoms with Gasteiger partial charge in [-0.15, -0.1) is 0 Å². The van der Waals surface area contributed by atoms with Crippen LogP contribution in [-0.4, -0.2) is 21.0 Å². The monoisotopic (exact) mass is 268 g/mol. The van der Waals surface area contributed by atoms with Gasteiger partial charge in [-0.1, -0.05) is 0 Å². The van der Waals surface area contributed by atoms with Gasteiger partial charge in [-0.3, -0.25) is 20.0 Å². The molecule has 0 aliphatic heterocycles. The van der Waals surface area contributed by atoms with Crippen molar-refractivity contribution in [3.05, 3.63) is 51.7 Å². The summed E-state index contributed by atoms with van der Waals surface area (Å²) in [5, 5.41) is 18.6. The van der Waals surface area contributed by atoms with E-state index in [9.17, 15) is 23.7 Å². The molecule has 1 amide bonds. The van der Waals surface area contributed by atoms with Crippen molar-refractivity contribution >= 4 is 17.4 Å². The minimum absolute atomic E-state index is 0.149. The Morgan fingerprint density at radius 2 is 2.16 bits per heavy atom. The Morgan fingerprint density at radius 1 is 1.42 bits per heavy atom. The molecule has 0 radical (unpaired) electrons. The van der Waals surface area contributed by atoms with Gasteiger partial charge in [-0.25, -0.2) is 4.39 Å². The molecule has 0 unspecified atom stereocenters. The molecule has 0 atom stereocenters. The van der Waals surface area contributed by atoms with Crippen molar-refractivity contribution in [1.29, 1.82) is 0 Å². The first kappa shape index (κ1) is 12.6. The Labute approximate surface area is 104 Å². The molecule has 1 aromatic heterocycles. The number of carbonyl (C=O) groups is 1. The van der Waals surface area contributed by atoms with E-state index in [-0.39, 0.29) is 5.82 Å². The van der Waals surface area contributed by atoms with Gasteiger partial charge in [0.05, 0.1) is 22.7 Å². The van der Waals surface area contributed by atoms with E-state index in [1.165, 1.54) is 12.3 Å². The van der Waals surface area contributed by atoms with Crippen molar-refractivity contribution in [1.82, 2.24) is 10.2 Å². The van der Waals surface area contributed by atoms with Gasteiger partial charge in [0.25, 0.3) is 5.91 Å². The molecule has 19 heavy (non-hydrogen) atoms. The molecule has 0 fully saturated rings. The number of rotatable bonds is 3. The number of H-pyrrole nitrogens is 1. The van der Waals surface area contributed by atoms with Crippen molar-refractivity contribution < 1.29 is 18.5 Å². The Morgan fingerprint density at radius 3 is 2.74 bits per heavy atom. The largest absolute Gasteiger partial charge is 0.308 e. The second-order valence-electron chi connectivity index (χ2n) is 3.47. The van der Waals surface area contributed by atoms with Crippen molar-refractivity contribution in [2.45, 2.75) is 0 Å². The van der Waals surface area contributed by atoms with E-state index in [1.807, 2.05) is 0 Å². The zero-order chi connectivity index (χ0) is 14.0. The SMILES string of the molecule is O=C(Nc1ccn[nH]1)c1cc(F)cc([N+](=O)[O-])c1F. The first-order chi connectivity index (χ1) is 8.99. The van der Waals surface area contributed by atoms with Gasteiger partial charge in [0.15, 0.2) is 0 Å². The smallest absolute Gasteiger partial charge is 0.307 e. The molecule has 2 N–H and O–H groups in total. The lowest BCUT2D eigenvalue weighted by Gasteiger charge is -2.04. The summed E-state index contributed by atoms with van der Waals surface area (Å²) in [5.41, 5.74) is -1.86. The molecular formula is C10H6F2N4O3. The fraction of sp³-hybridized carbons (Fsp3) is 0. The lowest BCUT2D eigenvalue weighted by molar-refractivity contribution is -0.387. The predicted molar refractivity (Wildman–Crippen MR) is 59.6 cm³/mol. The third kappa shape index (κ3) is 2.54. The van der Waals surface area contributed by atoms with Crippen LogP contribution in [0.15, 0.2) is 24.4 Å². The quantitative estimate of drug-likeness (QED) is 0.655.